The van der Waals surface area contributed by atoms with Crippen molar-refractivity contribution in [3.05, 3.63) is 5.82 Å². The molecule has 0 spiro atoms. The largest absolute Gasteiger partial charge is 0.476 e. The van der Waals surface area contributed by atoms with E-state index in [0.717, 1.165) is 57.7 Å². The maximum atomic E-state index is 6.15. The molecule has 0 aromatic carbocycles. The molecule has 0 bridgehead atoms. The van der Waals surface area contributed by atoms with Crippen LogP contribution in [0.2, 0.25) is 0 Å². The lowest BCUT2D eigenvalue weighted by Gasteiger charge is -2.14. The lowest BCUT2D eigenvalue weighted by Crippen LogP contribution is -2.13. The third kappa shape index (κ3) is 5.02. The lowest BCUT2D eigenvalue weighted by atomic mass is 10.3. The predicted molar refractivity (Wildman–Crippen MR) is 88.4 cm³/mol. The quantitative estimate of drug-likeness (QED) is 0.612. The fraction of sp³-hybridized carbons (Fsp3) is 0.750. The van der Waals surface area contributed by atoms with Gasteiger partial charge in [-0.15, -0.1) is 0 Å². The minimum atomic E-state index is 0.470. The summed E-state index contributed by atoms with van der Waals surface area (Å²) < 4.78 is 11.1. The Hall–Kier alpha value is -1.56. The van der Waals surface area contributed by atoms with Crippen LogP contribution >= 0.6 is 0 Å². The first-order chi connectivity index (χ1) is 10.8. The van der Waals surface area contributed by atoms with Gasteiger partial charge in [-0.1, -0.05) is 13.3 Å². The standard InChI is InChI=1S/C16H28N4O2/c1-3-5-11-22-16-13(17)15(18-9-6-10-21-4-2)19-14(20-16)12-7-8-12/h12H,3-11,17H2,1-2H3,(H,18,19,20). The number of nitrogens with two attached hydrogens (primary N) is 1. The maximum Gasteiger partial charge on any atom is 0.242 e. The summed E-state index contributed by atoms with van der Waals surface area (Å²) >= 11 is 0. The number of ether oxygens (including phenoxy) is 2. The molecule has 6 heteroatoms. The van der Waals surface area contributed by atoms with Gasteiger partial charge in [0.05, 0.1) is 6.61 Å². The van der Waals surface area contributed by atoms with Gasteiger partial charge >= 0.3 is 0 Å². The average molecular weight is 308 g/mol. The fourth-order valence-electron chi connectivity index (χ4n) is 2.07. The first kappa shape index (κ1) is 16.8. The molecular formula is C16H28N4O2. The van der Waals surface area contributed by atoms with Crippen molar-refractivity contribution in [3.8, 4) is 5.88 Å². The number of nitrogens with one attached hydrogen (secondary N) is 1. The van der Waals surface area contributed by atoms with E-state index in [-0.39, 0.29) is 0 Å². The molecule has 0 aliphatic heterocycles. The van der Waals surface area contributed by atoms with Crippen LogP contribution in [0.25, 0.3) is 0 Å². The van der Waals surface area contributed by atoms with Gasteiger partial charge in [0.25, 0.3) is 0 Å². The van der Waals surface area contributed by atoms with Gasteiger partial charge in [0.1, 0.15) is 11.5 Å². The second-order valence-corrected chi connectivity index (χ2v) is 5.60. The number of unbranched alkanes of at least 4 members (excludes halogenated alkanes) is 1. The van der Waals surface area contributed by atoms with Crippen molar-refractivity contribution in [1.29, 1.82) is 0 Å². The number of aromatic nitrogens is 2. The van der Waals surface area contributed by atoms with E-state index in [0.29, 0.717) is 29.9 Å². The van der Waals surface area contributed by atoms with Gasteiger partial charge in [0.15, 0.2) is 5.82 Å². The molecule has 22 heavy (non-hydrogen) atoms. The summed E-state index contributed by atoms with van der Waals surface area (Å²) in [4.78, 5) is 9.07. The Bertz CT molecular complexity index is 464. The van der Waals surface area contributed by atoms with Gasteiger partial charge in [-0.3, -0.25) is 0 Å². The first-order valence-corrected chi connectivity index (χ1v) is 8.38. The van der Waals surface area contributed by atoms with Crippen molar-refractivity contribution in [2.75, 3.05) is 37.4 Å². The van der Waals surface area contributed by atoms with Crippen molar-refractivity contribution in [1.82, 2.24) is 9.97 Å². The van der Waals surface area contributed by atoms with Gasteiger partial charge in [-0.05, 0) is 32.6 Å². The normalized spacial score (nSPS) is 14.1. The second kappa shape index (κ2) is 8.78. The molecule has 1 saturated carbocycles. The molecule has 0 saturated heterocycles. The van der Waals surface area contributed by atoms with Crippen LogP contribution < -0.4 is 15.8 Å². The highest BCUT2D eigenvalue weighted by molar-refractivity contribution is 5.67. The zero-order valence-electron chi connectivity index (χ0n) is 13.7. The Kier molecular flexibility index (Phi) is 6.71. The minimum Gasteiger partial charge on any atom is -0.476 e. The van der Waals surface area contributed by atoms with Gasteiger partial charge in [-0.2, -0.15) is 4.98 Å². The highest BCUT2D eigenvalue weighted by Gasteiger charge is 2.28. The SMILES string of the molecule is CCCCOc1nc(C2CC2)nc(NCCCOCC)c1N. The molecule has 1 aliphatic rings. The van der Waals surface area contributed by atoms with Crippen molar-refractivity contribution in [2.45, 2.75) is 51.9 Å². The topological polar surface area (TPSA) is 82.3 Å². The van der Waals surface area contributed by atoms with Crippen LogP contribution in [-0.4, -0.2) is 36.3 Å². The molecule has 0 radical (unpaired) electrons. The van der Waals surface area contributed by atoms with Crippen LogP contribution in [0, 0.1) is 0 Å². The molecule has 1 aromatic heterocycles. The summed E-state index contributed by atoms with van der Waals surface area (Å²) in [5.41, 5.74) is 6.66. The van der Waals surface area contributed by atoms with E-state index in [2.05, 4.69) is 22.2 Å². The minimum absolute atomic E-state index is 0.470. The van der Waals surface area contributed by atoms with Gasteiger partial charge in [-0.25, -0.2) is 4.98 Å². The molecule has 6 nitrogen and oxygen atoms in total. The van der Waals surface area contributed by atoms with E-state index >= 15 is 0 Å². The van der Waals surface area contributed by atoms with Crippen LogP contribution in [0.1, 0.15) is 57.7 Å². The Morgan fingerprint density at radius 1 is 1.18 bits per heavy atom. The summed E-state index contributed by atoms with van der Waals surface area (Å²) in [7, 11) is 0. The van der Waals surface area contributed by atoms with E-state index < -0.39 is 0 Å². The zero-order chi connectivity index (χ0) is 15.8. The first-order valence-electron chi connectivity index (χ1n) is 8.38. The molecule has 0 amide bonds. The molecule has 1 aliphatic carbocycles. The molecular weight excluding hydrogens is 280 g/mol. The van der Waals surface area contributed by atoms with Crippen LogP contribution in [0.5, 0.6) is 5.88 Å². The third-order valence-electron chi connectivity index (χ3n) is 3.57. The number of nitrogen functional groups attached to an aromatic ring is 1. The summed E-state index contributed by atoms with van der Waals surface area (Å²) in [6, 6.07) is 0. The van der Waals surface area contributed by atoms with Gasteiger partial charge < -0.3 is 20.5 Å². The van der Waals surface area contributed by atoms with E-state index in [4.69, 9.17) is 15.2 Å². The Labute approximate surface area is 132 Å². The Morgan fingerprint density at radius 3 is 2.68 bits per heavy atom. The lowest BCUT2D eigenvalue weighted by molar-refractivity contribution is 0.147. The Morgan fingerprint density at radius 2 is 2.00 bits per heavy atom. The monoisotopic (exact) mass is 308 g/mol. The zero-order valence-corrected chi connectivity index (χ0v) is 13.7. The summed E-state index contributed by atoms with van der Waals surface area (Å²) in [6.45, 7) is 7.04. The second-order valence-electron chi connectivity index (χ2n) is 5.60. The molecule has 1 heterocycles. The number of rotatable bonds is 11. The summed E-state index contributed by atoms with van der Waals surface area (Å²) in [5.74, 6) is 2.55. The Balaban J connectivity index is 1.99. The number of hydrogen-bond acceptors (Lipinski definition) is 6. The highest BCUT2D eigenvalue weighted by atomic mass is 16.5. The molecule has 3 N–H and O–H groups in total. The molecule has 1 fully saturated rings. The van der Waals surface area contributed by atoms with E-state index in [1.165, 1.54) is 0 Å². The van der Waals surface area contributed by atoms with Crippen LogP contribution in [0.3, 0.4) is 0 Å². The molecule has 0 atom stereocenters. The van der Waals surface area contributed by atoms with Crippen molar-refractivity contribution in [3.63, 3.8) is 0 Å². The van der Waals surface area contributed by atoms with Crippen LogP contribution in [0.15, 0.2) is 0 Å². The van der Waals surface area contributed by atoms with Gasteiger partial charge in [0, 0.05) is 25.7 Å². The average Bonchev–Trinajstić information content (AvgIpc) is 3.35. The number of hydrogen-bond donors (Lipinski definition) is 2. The number of anilines is 2. The summed E-state index contributed by atoms with van der Waals surface area (Å²) in [6.07, 6.45) is 5.31. The molecule has 124 valence electrons. The van der Waals surface area contributed by atoms with Crippen molar-refractivity contribution < 1.29 is 9.47 Å². The van der Waals surface area contributed by atoms with Crippen LogP contribution in [0.4, 0.5) is 11.5 Å². The van der Waals surface area contributed by atoms with Crippen LogP contribution in [-0.2, 0) is 4.74 Å². The molecule has 0 unspecified atom stereocenters. The predicted octanol–water partition coefficient (Wildman–Crippen LogP) is 2.95. The smallest absolute Gasteiger partial charge is 0.242 e. The van der Waals surface area contributed by atoms with Gasteiger partial charge in [0.2, 0.25) is 5.88 Å². The van der Waals surface area contributed by atoms with E-state index in [1.807, 2.05) is 6.92 Å². The molecule has 1 aromatic rings. The fourth-order valence-corrected chi connectivity index (χ4v) is 2.07. The molecule has 2 rings (SSSR count). The number of nitrogens with zero attached hydrogens (tertiary/aromatic N) is 2. The van der Waals surface area contributed by atoms with E-state index in [1.54, 1.807) is 0 Å². The van der Waals surface area contributed by atoms with Crippen molar-refractivity contribution >= 4 is 11.5 Å². The third-order valence-corrected chi connectivity index (χ3v) is 3.57. The maximum absolute atomic E-state index is 6.15. The summed E-state index contributed by atoms with van der Waals surface area (Å²) in [5, 5.41) is 3.29. The van der Waals surface area contributed by atoms with E-state index in [9.17, 15) is 0 Å². The highest BCUT2D eigenvalue weighted by Crippen LogP contribution is 2.40. The van der Waals surface area contributed by atoms with Crippen molar-refractivity contribution in [2.24, 2.45) is 0 Å².